The van der Waals surface area contributed by atoms with E-state index in [1.165, 1.54) is 19.2 Å². The molecule has 0 fully saturated rings. The topological polar surface area (TPSA) is 73.9 Å². The lowest BCUT2D eigenvalue weighted by Crippen LogP contribution is -2.22. The summed E-state index contributed by atoms with van der Waals surface area (Å²) in [5.41, 5.74) is -0.665. The predicted molar refractivity (Wildman–Crippen MR) is 109 cm³/mol. The molecular weight excluding hydrogens is 462 g/mol. The number of esters is 1. The largest absolute Gasteiger partial charge is 0.489 e. The zero-order valence-electron chi connectivity index (χ0n) is 16.2. The highest BCUT2D eigenvalue weighted by atomic mass is 35.5. The molecule has 0 aliphatic heterocycles. The molecule has 168 valence electrons. The van der Waals surface area contributed by atoms with Crippen LogP contribution in [0.5, 0.6) is 5.75 Å². The highest BCUT2D eigenvalue weighted by molar-refractivity contribution is 6.42. The molecule has 2 rings (SSSR count). The summed E-state index contributed by atoms with van der Waals surface area (Å²) in [7, 11) is 1.44. The third-order valence-electron chi connectivity index (χ3n) is 3.82. The molecule has 0 aliphatic carbocycles. The molecule has 1 amide bonds. The van der Waals surface area contributed by atoms with Gasteiger partial charge in [-0.1, -0.05) is 29.3 Å². The smallest absolute Gasteiger partial charge is 0.416 e. The Morgan fingerprint density at radius 2 is 1.77 bits per heavy atom. The van der Waals surface area contributed by atoms with E-state index in [-0.39, 0.29) is 36.1 Å². The van der Waals surface area contributed by atoms with Gasteiger partial charge in [-0.2, -0.15) is 13.2 Å². The van der Waals surface area contributed by atoms with Gasteiger partial charge in [-0.15, -0.1) is 0 Å². The number of benzene rings is 2. The fourth-order valence-corrected chi connectivity index (χ4v) is 2.69. The predicted octanol–water partition coefficient (Wildman–Crippen LogP) is 4.76. The van der Waals surface area contributed by atoms with Gasteiger partial charge in [-0.3, -0.25) is 9.59 Å². The van der Waals surface area contributed by atoms with Gasteiger partial charge in [-0.05, 0) is 35.9 Å². The van der Waals surface area contributed by atoms with Crippen molar-refractivity contribution < 1.29 is 37.0 Å². The minimum Gasteiger partial charge on any atom is -0.489 e. The maximum Gasteiger partial charge on any atom is 0.416 e. The van der Waals surface area contributed by atoms with Crippen molar-refractivity contribution in [2.45, 2.75) is 12.6 Å². The first-order valence-corrected chi connectivity index (χ1v) is 9.58. The van der Waals surface area contributed by atoms with E-state index in [9.17, 15) is 22.8 Å². The normalized spacial score (nSPS) is 11.2. The SMILES string of the molecule is COCCOc1ccc(C(F)(F)F)cc1NC(=O)COC(=O)Cc1ccc(Cl)c(Cl)c1. The van der Waals surface area contributed by atoms with E-state index >= 15 is 0 Å². The Hall–Kier alpha value is -2.49. The lowest BCUT2D eigenvalue weighted by atomic mass is 10.1. The average Bonchev–Trinajstić information content (AvgIpc) is 2.69. The van der Waals surface area contributed by atoms with Crippen molar-refractivity contribution in [3.8, 4) is 5.75 Å². The van der Waals surface area contributed by atoms with Crippen molar-refractivity contribution in [3.63, 3.8) is 0 Å². The van der Waals surface area contributed by atoms with Gasteiger partial charge >= 0.3 is 12.1 Å². The Balaban J connectivity index is 2.00. The summed E-state index contributed by atoms with van der Waals surface area (Å²) in [4.78, 5) is 24.0. The summed E-state index contributed by atoms with van der Waals surface area (Å²) in [5, 5.41) is 2.85. The molecule has 31 heavy (non-hydrogen) atoms. The second kappa shape index (κ2) is 11.2. The zero-order valence-corrected chi connectivity index (χ0v) is 17.7. The molecule has 0 saturated heterocycles. The van der Waals surface area contributed by atoms with Crippen LogP contribution in [-0.4, -0.2) is 38.8 Å². The van der Waals surface area contributed by atoms with Crippen LogP contribution < -0.4 is 10.1 Å². The summed E-state index contributed by atoms with van der Waals surface area (Å²) < 4.78 is 54.0. The van der Waals surface area contributed by atoms with E-state index < -0.39 is 30.2 Å². The minimum absolute atomic E-state index is 0.0144. The third kappa shape index (κ3) is 7.93. The number of ether oxygens (including phenoxy) is 3. The molecule has 6 nitrogen and oxygen atoms in total. The van der Waals surface area contributed by atoms with Crippen molar-refractivity contribution in [2.24, 2.45) is 0 Å². The lowest BCUT2D eigenvalue weighted by molar-refractivity contribution is -0.146. The monoisotopic (exact) mass is 479 g/mol. The molecule has 0 bridgehead atoms. The van der Waals surface area contributed by atoms with Crippen LogP contribution >= 0.6 is 23.2 Å². The summed E-state index contributed by atoms with van der Waals surface area (Å²) in [6.07, 6.45) is -4.78. The maximum absolute atomic E-state index is 13.0. The Labute approximate surface area is 186 Å². The zero-order chi connectivity index (χ0) is 23.0. The number of nitrogens with one attached hydrogen (secondary N) is 1. The number of alkyl halides is 3. The number of anilines is 1. The van der Waals surface area contributed by atoms with E-state index in [4.69, 9.17) is 37.4 Å². The number of carbonyl (C=O) groups excluding carboxylic acids is 2. The van der Waals surface area contributed by atoms with E-state index in [0.29, 0.717) is 10.6 Å². The van der Waals surface area contributed by atoms with Crippen LogP contribution in [0.2, 0.25) is 10.0 Å². The number of hydrogen-bond donors (Lipinski definition) is 1. The summed E-state index contributed by atoms with van der Waals surface area (Å²) in [5.74, 6) is -1.55. The van der Waals surface area contributed by atoms with E-state index in [1.54, 1.807) is 6.07 Å². The number of carbonyl (C=O) groups is 2. The van der Waals surface area contributed by atoms with Gasteiger partial charge in [0.15, 0.2) is 6.61 Å². The van der Waals surface area contributed by atoms with Crippen molar-refractivity contribution in [3.05, 3.63) is 57.6 Å². The quantitative estimate of drug-likeness (QED) is 0.414. The molecule has 0 saturated carbocycles. The van der Waals surface area contributed by atoms with Crippen molar-refractivity contribution in [2.75, 3.05) is 32.2 Å². The van der Waals surface area contributed by atoms with E-state index in [1.807, 2.05) is 0 Å². The van der Waals surface area contributed by atoms with Gasteiger partial charge in [0.1, 0.15) is 12.4 Å². The molecule has 1 N–H and O–H groups in total. The van der Waals surface area contributed by atoms with Gasteiger partial charge < -0.3 is 19.5 Å². The molecule has 0 spiro atoms. The van der Waals surface area contributed by atoms with Crippen molar-refractivity contribution >= 4 is 40.8 Å². The Morgan fingerprint density at radius 3 is 2.42 bits per heavy atom. The number of amides is 1. The van der Waals surface area contributed by atoms with Gasteiger partial charge in [0.05, 0.1) is 34.3 Å². The second-order valence-corrected chi connectivity index (χ2v) is 7.00. The summed E-state index contributed by atoms with van der Waals surface area (Å²) in [6.45, 7) is -0.446. The van der Waals surface area contributed by atoms with Crippen LogP contribution in [0.15, 0.2) is 36.4 Å². The molecule has 0 aliphatic rings. The Bertz CT molecular complexity index is 938. The van der Waals surface area contributed by atoms with E-state index in [2.05, 4.69) is 5.32 Å². The van der Waals surface area contributed by atoms with Crippen LogP contribution in [0.1, 0.15) is 11.1 Å². The molecule has 11 heteroatoms. The standard InChI is InChI=1S/C20H18Cl2F3NO5/c1-29-6-7-30-17-5-3-13(20(23,24)25)10-16(17)26-18(27)11-31-19(28)9-12-2-4-14(21)15(22)8-12/h2-5,8,10H,6-7,9,11H2,1H3,(H,26,27). The average molecular weight is 480 g/mol. The van der Waals surface area contributed by atoms with Gasteiger partial charge in [0.2, 0.25) is 0 Å². The third-order valence-corrected chi connectivity index (χ3v) is 4.56. The highest BCUT2D eigenvalue weighted by Crippen LogP contribution is 2.35. The number of rotatable bonds is 9. The second-order valence-electron chi connectivity index (χ2n) is 6.18. The minimum atomic E-state index is -4.61. The lowest BCUT2D eigenvalue weighted by Gasteiger charge is -2.15. The highest BCUT2D eigenvalue weighted by Gasteiger charge is 2.31. The van der Waals surface area contributed by atoms with Crippen molar-refractivity contribution in [1.82, 2.24) is 0 Å². The van der Waals surface area contributed by atoms with Gasteiger partial charge in [0.25, 0.3) is 5.91 Å². The van der Waals surface area contributed by atoms with Crippen LogP contribution in [-0.2, 0) is 31.7 Å². The molecule has 2 aromatic carbocycles. The first kappa shape index (κ1) is 24.8. The summed E-state index contributed by atoms with van der Waals surface area (Å²) in [6, 6.07) is 7.22. The van der Waals surface area contributed by atoms with E-state index in [0.717, 1.165) is 18.2 Å². The fraction of sp³-hybridized carbons (Fsp3) is 0.300. The Morgan fingerprint density at radius 1 is 1.03 bits per heavy atom. The Kier molecular flexibility index (Phi) is 8.97. The maximum atomic E-state index is 13.0. The van der Waals surface area contributed by atoms with Crippen LogP contribution in [0.25, 0.3) is 0 Å². The molecular formula is C20H18Cl2F3NO5. The molecule has 0 atom stereocenters. The fourth-order valence-electron chi connectivity index (χ4n) is 2.36. The first-order chi connectivity index (χ1) is 14.6. The molecule has 0 heterocycles. The number of methoxy groups -OCH3 is 1. The summed E-state index contributed by atoms with van der Waals surface area (Å²) >= 11 is 11.7. The van der Waals surface area contributed by atoms with Crippen LogP contribution in [0, 0.1) is 0 Å². The molecule has 2 aromatic rings. The molecule has 0 radical (unpaired) electrons. The molecule has 0 unspecified atom stereocenters. The molecule has 0 aromatic heterocycles. The van der Waals surface area contributed by atoms with Crippen molar-refractivity contribution in [1.29, 1.82) is 0 Å². The van der Waals surface area contributed by atoms with Gasteiger partial charge in [0, 0.05) is 7.11 Å². The van der Waals surface area contributed by atoms with Crippen LogP contribution in [0.4, 0.5) is 18.9 Å². The first-order valence-electron chi connectivity index (χ1n) is 8.82. The van der Waals surface area contributed by atoms with Crippen LogP contribution in [0.3, 0.4) is 0 Å². The van der Waals surface area contributed by atoms with Gasteiger partial charge in [-0.25, -0.2) is 0 Å². The number of hydrogen-bond acceptors (Lipinski definition) is 5. The number of halogens is 5.